The fourth-order valence-electron chi connectivity index (χ4n) is 0.642. The van der Waals surface area contributed by atoms with Gasteiger partial charge in [-0.3, -0.25) is 0 Å². The molecule has 0 saturated heterocycles. The molecule has 0 unspecified atom stereocenters. The van der Waals surface area contributed by atoms with E-state index in [9.17, 15) is 0 Å². The molecule has 1 N–H and O–H groups in total. The summed E-state index contributed by atoms with van der Waals surface area (Å²) in [6, 6.07) is 0. The summed E-state index contributed by atoms with van der Waals surface area (Å²) >= 11 is 0. The zero-order chi connectivity index (χ0) is 12.5. The summed E-state index contributed by atoms with van der Waals surface area (Å²) in [6.07, 6.45) is 22.2. The molecular weight excluding hydrogens is 287 g/mol. The van der Waals surface area contributed by atoms with Gasteiger partial charge in [0.2, 0.25) is 0 Å². The molecule has 0 aliphatic heterocycles. The van der Waals surface area contributed by atoms with E-state index in [0.29, 0.717) is 0 Å². The normalized spacial score (nSPS) is 15.5. The van der Waals surface area contributed by atoms with Gasteiger partial charge < -0.3 is 5.11 Å². The third-order valence-corrected chi connectivity index (χ3v) is 1.11. The summed E-state index contributed by atoms with van der Waals surface area (Å²) in [5, 5.41) is 7.33. The zero-order valence-corrected chi connectivity index (χ0v) is 12.5. The summed E-state index contributed by atoms with van der Waals surface area (Å²) in [6.45, 7) is 9.42. The van der Waals surface area contributed by atoms with Gasteiger partial charge in [0.05, 0.1) is 6.26 Å². The fraction of sp³-hybridized carbons (Fsp3) is 0. The van der Waals surface area contributed by atoms with Crippen LogP contribution >= 0.6 is 0 Å². The van der Waals surface area contributed by atoms with E-state index in [1.165, 1.54) is 6.08 Å². The monoisotopic (exact) mass is 305 g/mol. The summed E-state index contributed by atoms with van der Waals surface area (Å²) in [7, 11) is 0. The first-order valence-corrected chi connectivity index (χ1v) is 4.82. The molecule has 0 aromatic rings. The largest absolute Gasteiger partial charge is 0.516 e. The van der Waals surface area contributed by atoms with Crippen LogP contribution in [0.2, 0.25) is 0 Å². The molecule has 2 aliphatic rings. The van der Waals surface area contributed by atoms with E-state index in [0.717, 1.165) is 6.26 Å². The molecule has 90 valence electrons. The van der Waals surface area contributed by atoms with Crippen LogP contribution in [0.4, 0.5) is 0 Å². The SMILES string of the molecule is C=CO.C=C[CH2-].[CH]1[CH][CH][CH][CH]1.[CH]1[CH][CH][CH][CH]1.[Zr]. The van der Waals surface area contributed by atoms with Gasteiger partial charge in [0.15, 0.2) is 0 Å². The average Bonchev–Trinajstić information content (AvgIpc) is 3.00. The van der Waals surface area contributed by atoms with Crippen molar-refractivity contribution < 1.29 is 31.3 Å². The molecule has 0 aromatic heterocycles. The first-order chi connectivity index (χ1) is 7.83. The van der Waals surface area contributed by atoms with Gasteiger partial charge in [-0.15, -0.1) is 0 Å². The van der Waals surface area contributed by atoms with Crippen LogP contribution in [0.1, 0.15) is 0 Å². The Morgan fingerprint density at radius 2 is 0.765 bits per heavy atom. The Morgan fingerprint density at radius 1 is 0.706 bits per heavy atom. The van der Waals surface area contributed by atoms with Crippen molar-refractivity contribution in [2.24, 2.45) is 0 Å². The van der Waals surface area contributed by atoms with E-state index in [1.54, 1.807) is 0 Å². The molecule has 2 saturated carbocycles. The van der Waals surface area contributed by atoms with Crippen LogP contribution in [0, 0.1) is 71.1 Å². The van der Waals surface area contributed by atoms with Crippen LogP contribution in [0.5, 0.6) is 0 Å². The Kier molecular flexibility index (Phi) is 32.7. The van der Waals surface area contributed by atoms with Crippen molar-refractivity contribution in [2.75, 3.05) is 0 Å². The molecular formula is C15H19OZr-. The van der Waals surface area contributed by atoms with E-state index in [1.807, 2.05) is 64.2 Å². The topological polar surface area (TPSA) is 20.2 Å². The average molecular weight is 307 g/mol. The maximum absolute atomic E-state index is 7.33. The molecule has 17 heavy (non-hydrogen) atoms. The smallest absolute Gasteiger partial charge is 0.0719 e. The van der Waals surface area contributed by atoms with Crippen molar-refractivity contribution >= 4 is 0 Å². The Labute approximate surface area is 128 Å². The predicted octanol–water partition coefficient (Wildman–Crippen LogP) is 3.73. The summed E-state index contributed by atoms with van der Waals surface area (Å²) < 4.78 is 0. The van der Waals surface area contributed by atoms with E-state index >= 15 is 0 Å². The van der Waals surface area contributed by atoms with Gasteiger partial charge in [0, 0.05) is 26.2 Å². The number of allylic oxidation sites excluding steroid dienone is 1. The molecule has 2 aliphatic carbocycles. The van der Waals surface area contributed by atoms with Crippen LogP contribution in [0.15, 0.2) is 25.5 Å². The third kappa shape index (κ3) is 31.4. The van der Waals surface area contributed by atoms with E-state index in [-0.39, 0.29) is 26.2 Å². The fourth-order valence-corrected chi connectivity index (χ4v) is 0.642. The van der Waals surface area contributed by atoms with Crippen LogP contribution in [0.25, 0.3) is 0 Å². The van der Waals surface area contributed by atoms with Crippen LogP contribution in [-0.4, -0.2) is 5.11 Å². The second kappa shape index (κ2) is 25.0. The van der Waals surface area contributed by atoms with Gasteiger partial charge in [-0.25, -0.2) is 19.6 Å². The van der Waals surface area contributed by atoms with Crippen LogP contribution in [0.3, 0.4) is 0 Å². The molecule has 0 atom stereocenters. The first-order valence-electron chi connectivity index (χ1n) is 4.82. The zero-order valence-electron chi connectivity index (χ0n) is 10.00. The molecule has 0 heterocycles. The molecule has 1 nitrogen and oxygen atoms in total. The quantitative estimate of drug-likeness (QED) is 0.534. The summed E-state index contributed by atoms with van der Waals surface area (Å²) in [5.74, 6) is 0. The van der Waals surface area contributed by atoms with Crippen molar-refractivity contribution in [3.05, 3.63) is 96.6 Å². The number of hydrogen-bond acceptors (Lipinski definition) is 1. The number of rotatable bonds is 0. The number of aliphatic hydroxyl groups excluding tert-OH is 1. The van der Waals surface area contributed by atoms with Gasteiger partial charge in [-0.1, -0.05) is 6.58 Å². The van der Waals surface area contributed by atoms with Gasteiger partial charge in [-0.2, -0.15) is 0 Å². The Balaban J connectivity index is -0.000000157. The van der Waals surface area contributed by atoms with Crippen molar-refractivity contribution in [2.45, 2.75) is 0 Å². The minimum absolute atomic E-state index is 0. The minimum Gasteiger partial charge on any atom is -0.516 e. The maximum atomic E-state index is 7.33. The second-order valence-electron chi connectivity index (χ2n) is 2.40. The standard InChI is InChI=1S/2C5H5.C3H5.C2H4O.Zr/c2*1-2-4-5-3-1;1-3-2;1-2-3;/h2*1-5H;3H,1-2H2;2-3H,1H2;/q;;-1;;. The van der Waals surface area contributed by atoms with E-state index in [2.05, 4.69) is 20.1 Å². The molecule has 2 heteroatoms. The first kappa shape index (κ1) is 22.2. The van der Waals surface area contributed by atoms with E-state index < -0.39 is 0 Å². The summed E-state index contributed by atoms with van der Waals surface area (Å²) in [5.41, 5.74) is 0. The van der Waals surface area contributed by atoms with Crippen molar-refractivity contribution in [3.8, 4) is 0 Å². The number of aliphatic hydroxyl groups is 1. The molecule has 2 fully saturated rings. The Morgan fingerprint density at radius 3 is 0.824 bits per heavy atom. The third-order valence-electron chi connectivity index (χ3n) is 1.11. The molecule has 0 amide bonds. The Bertz CT molecular complexity index is 95.7. The Hall–Kier alpha value is 0.0331. The van der Waals surface area contributed by atoms with Gasteiger partial charge >= 0.3 is 0 Å². The van der Waals surface area contributed by atoms with Gasteiger partial charge in [-0.05, 0) is 64.2 Å². The molecule has 2 rings (SSSR count). The minimum atomic E-state index is 0. The van der Waals surface area contributed by atoms with E-state index in [4.69, 9.17) is 5.11 Å². The predicted molar refractivity (Wildman–Crippen MR) is 71.4 cm³/mol. The molecule has 0 aromatic carbocycles. The molecule has 0 spiro atoms. The van der Waals surface area contributed by atoms with Crippen molar-refractivity contribution in [1.29, 1.82) is 0 Å². The van der Waals surface area contributed by atoms with Crippen LogP contribution < -0.4 is 0 Å². The van der Waals surface area contributed by atoms with Gasteiger partial charge in [0.1, 0.15) is 0 Å². The van der Waals surface area contributed by atoms with Crippen molar-refractivity contribution in [1.82, 2.24) is 0 Å². The van der Waals surface area contributed by atoms with Gasteiger partial charge in [0.25, 0.3) is 0 Å². The van der Waals surface area contributed by atoms with Crippen LogP contribution in [-0.2, 0) is 26.2 Å². The molecule has 0 bridgehead atoms. The summed E-state index contributed by atoms with van der Waals surface area (Å²) in [4.78, 5) is 0. The number of hydrogen-bond donors (Lipinski definition) is 1. The maximum Gasteiger partial charge on any atom is 0.0719 e. The molecule has 10 radical (unpaired) electrons. The van der Waals surface area contributed by atoms with Crippen molar-refractivity contribution in [3.63, 3.8) is 0 Å². The second-order valence-corrected chi connectivity index (χ2v) is 2.40.